The molecule has 1 aromatic rings. The molecule has 0 aromatic heterocycles. The molecular formula is C17H25N3O4. The Morgan fingerprint density at radius 1 is 1.17 bits per heavy atom. The summed E-state index contributed by atoms with van der Waals surface area (Å²) in [5.41, 5.74) is 6.15. The van der Waals surface area contributed by atoms with E-state index in [9.17, 15) is 19.5 Å². The maximum Gasteiger partial charge on any atom is 0.326 e. The molecule has 0 saturated carbocycles. The molecule has 24 heavy (non-hydrogen) atoms. The van der Waals surface area contributed by atoms with Gasteiger partial charge in [0.25, 0.3) is 0 Å². The smallest absolute Gasteiger partial charge is 0.326 e. The minimum Gasteiger partial charge on any atom is -0.480 e. The second-order valence-corrected chi connectivity index (χ2v) is 5.72. The van der Waals surface area contributed by atoms with E-state index >= 15 is 0 Å². The molecule has 5 N–H and O–H groups in total. The second kappa shape index (κ2) is 9.67. The summed E-state index contributed by atoms with van der Waals surface area (Å²) in [6.07, 6.45) is 0.862. The first-order chi connectivity index (χ1) is 11.4. The van der Waals surface area contributed by atoms with Crippen molar-refractivity contribution in [1.82, 2.24) is 10.6 Å². The number of carboxylic acids is 1. The molecule has 7 heteroatoms. The highest BCUT2D eigenvalue weighted by Crippen LogP contribution is 2.09. The Labute approximate surface area is 141 Å². The highest BCUT2D eigenvalue weighted by atomic mass is 16.4. The fourth-order valence-electron chi connectivity index (χ4n) is 2.25. The Hall–Kier alpha value is -2.41. The van der Waals surface area contributed by atoms with Crippen molar-refractivity contribution in [2.45, 2.75) is 38.8 Å². The molecule has 0 bridgehead atoms. The molecule has 0 spiro atoms. The maximum absolute atomic E-state index is 12.5. The van der Waals surface area contributed by atoms with Crippen LogP contribution >= 0.6 is 0 Å². The third-order valence-electron chi connectivity index (χ3n) is 3.90. The van der Waals surface area contributed by atoms with Gasteiger partial charge in [-0.1, -0.05) is 50.6 Å². The lowest BCUT2D eigenvalue weighted by Gasteiger charge is -2.24. The molecule has 2 amide bonds. The molecule has 0 fully saturated rings. The van der Waals surface area contributed by atoms with Crippen LogP contribution in [0.3, 0.4) is 0 Å². The lowest BCUT2D eigenvalue weighted by atomic mass is 9.98. The summed E-state index contributed by atoms with van der Waals surface area (Å²) >= 11 is 0. The molecule has 0 saturated heterocycles. The van der Waals surface area contributed by atoms with Crippen LogP contribution in [-0.4, -0.2) is 41.5 Å². The summed E-state index contributed by atoms with van der Waals surface area (Å²) in [5.74, 6) is -2.33. The summed E-state index contributed by atoms with van der Waals surface area (Å²) < 4.78 is 0. The fourth-order valence-corrected chi connectivity index (χ4v) is 2.25. The Morgan fingerprint density at radius 2 is 1.79 bits per heavy atom. The molecule has 0 radical (unpaired) electrons. The van der Waals surface area contributed by atoms with Crippen molar-refractivity contribution in [1.29, 1.82) is 0 Å². The van der Waals surface area contributed by atoms with Crippen LogP contribution in [0, 0.1) is 5.92 Å². The predicted octanol–water partition coefficient (Wildman–Crippen LogP) is 0.288. The van der Waals surface area contributed by atoms with E-state index in [1.807, 2.05) is 37.3 Å². The van der Waals surface area contributed by atoms with Crippen molar-refractivity contribution in [2.24, 2.45) is 11.7 Å². The zero-order valence-corrected chi connectivity index (χ0v) is 14.0. The van der Waals surface area contributed by atoms with Crippen molar-refractivity contribution >= 4 is 17.8 Å². The van der Waals surface area contributed by atoms with E-state index < -0.39 is 29.9 Å². The molecule has 0 aliphatic carbocycles. The third kappa shape index (κ3) is 6.00. The van der Waals surface area contributed by atoms with Gasteiger partial charge in [-0.2, -0.15) is 0 Å². The summed E-state index contributed by atoms with van der Waals surface area (Å²) in [6, 6.07) is 7.28. The van der Waals surface area contributed by atoms with Crippen LogP contribution < -0.4 is 16.4 Å². The van der Waals surface area contributed by atoms with Gasteiger partial charge in [-0.05, 0) is 11.5 Å². The van der Waals surface area contributed by atoms with E-state index in [0.717, 1.165) is 5.56 Å². The van der Waals surface area contributed by atoms with Crippen LogP contribution in [-0.2, 0) is 20.8 Å². The summed E-state index contributed by atoms with van der Waals surface area (Å²) in [4.78, 5) is 35.5. The van der Waals surface area contributed by atoms with Crippen LogP contribution in [0.25, 0.3) is 0 Å². The van der Waals surface area contributed by atoms with Crippen LogP contribution in [0.4, 0.5) is 0 Å². The number of benzene rings is 1. The van der Waals surface area contributed by atoms with Gasteiger partial charge in [0.05, 0.1) is 6.54 Å². The van der Waals surface area contributed by atoms with E-state index in [4.69, 9.17) is 5.73 Å². The summed E-state index contributed by atoms with van der Waals surface area (Å²) in [5, 5.41) is 14.4. The van der Waals surface area contributed by atoms with Gasteiger partial charge in [0.15, 0.2) is 0 Å². The molecule has 7 nitrogen and oxygen atoms in total. The average Bonchev–Trinajstić information content (AvgIpc) is 2.58. The summed E-state index contributed by atoms with van der Waals surface area (Å²) in [6.45, 7) is 3.36. The largest absolute Gasteiger partial charge is 0.480 e. The van der Waals surface area contributed by atoms with Gasteiger partial charge in [-0.15, -0.1) is 0 Å². The van der Waals surface area contributed by atoms with Gasteiger partial charge >= 0.3 is 5.97 Å². The average molecular weight is 335 g/mol. The van der Waals surface area contributed by atoms with Crippen LogP contribution in [0.2, 0.25) is 0 Å². The molecular weight excluding hydrogens is 310 g/mol. The molecule has 0 aliphatic heterocycles. The van der Waals surface area contributed by atoms with Gasteiger partial charge in [-0.3, -0.25) is 9.59 Å². The fraction of sp³-hybridized carbons (Fsp3) is 0.471. The number of rotatable bonds is 9. The topological polar surface area (TPSA) is 122 Å². The number of nitrogens with two attached hydrogens (primary N) is 1. The monoisotopic (exact) mass is 335 g/mol. The lowest BCUT2D eigenvalue weighted by Crippen LogP contribution is -2.54. The number of hydrogen-bond donors (Lipinski definition) is 4. The number of carbonyl (C=O) groups is 3. The second-order valence-electron chi connectivity index (χ2n) is 5.72. The van der Waals surface area contributed by atoms with Crippen molar-refractivity contribution in [2.75, 3.05) is 6.54 Å². The van der Waals surface area contributed by atoms with E-state index in [-0.39, 0.29) is 18.9 Å². The first-order valence-electron chi connectivity index (χ1n) is 7.95. The zero-order valence-electron chi connectivity index (χ0n) is 14.0. The van der Waals surface area contributed by atoms with E-state index in [1.54, 1.807) is 6.92 Å². The maximum atomic E-state index is 12.5. The Balaban J connectivity index is 2.89. The highest BCUT2D eigenvalue weighted by Gasteiger charge is 2.29. The van der Waals surface area contributed by atoms with Gasteiger partial charge in [0.1, 0.15) is 12.1 Å². The van der Waals surface area contributed by atoms with Gasteiger partial charge in [-0.25, -0.2) is 4.79 Å². The van der Waals surface area contributed by atoms with Gasteiger partial charge in [0, 0.05) is 6.42 Å². The minimum absolute atomic E-state index is 0.228. The van der Waals surface area contributed by atoms with Crippen molar-refractivity contribution < 1.29 is 19.5 Å². The Kier molecular flexibility index (Phi) is 7.91. The standard InChI is InChI=1S/C17H25N3O4/c1-3-11(2)15(17(23)24)20-16(22)13(19-14(21)10-18)9-12-7-5-4-6-8-12/h4-8,11,13,15H,3,9-10,18H2,1-2H3,(H,19,21)(H,20,22)(H,23,24)/t11-,13-,15-/m0/s1. The van der Waals surface area contributed by atoms with E-state index in [2.05, 4.69) is 10.6 Å². The first kappa shape index (κ1) is 19.6. The van der Waals surface area contributed by atoms with Crippen molar-refractivity contribution in [3.63, 3.8) is 0 Å². The number of carbonyl (C=O) groups excluding carboxylic acids is 2. The number of hydrogen-bond acceptors (Lipinski definition) is 4. The lowest BCUT2D eigenvalue weighted by molar-refractivity contribution is -0.143. The summed E-state index contributed by atoms with van der Waals surface area (Å²) in [7, 11) is 0. The van der Waals surface area contributed by atoms with Crippen molar-refractivity contribution in [3.8, 4) is 0 Å². The predicted molar refractivity (Wildman–Crippen MR) is 90.2 cm³/mol. The molecule has 1 rings (SSSR count). The van der Waals surface area contributed by atoms with Crippen molar-refractivity contribution in [3.05, 3.63) is 35.9 Å². The van der Waals surface area contributed by atoms with Gasteiger partial charge in [0.2, 0.25) is 11.8 Å². The number of amides is 2. The molecule has 3 atom stereocenters. The molecule has 1 aromatic carbocycles. The molecule has 0 aliphatic rings. The minimum atomic E-state index is -1.10. The molecule has 0 unspecified atom stereocenters. The molecule has 0 heterocycles. The number of aliphatic carboxylic acids is 1. The Bertz CT molecular complexity index is 562. The first-order valence-corrected chi connectivity index (χ1v) is 7.95. The normalized spacial score (nSPS) is 14.3. The molecule has 132 valence electrons. The van der Waals surface area contributed by atoms with Crippen LogP contribution in [0.5, 0.6) is 0 Å². The zero-order chi connectivity index (χ0) is 18.1. The van der Waals surface area contributed by atoms with Crippen LogP contribution in [0.15, 0.2) is 30.3 Å². The van der Waals surface area contributed by atoms with Gasteiger partial charge < -0.3 is 21.5 Å². The SMILES string of the molecule is CC[C@H](C)[C@H](NC(=O)[C@H](Cc1ccccc1)NC(=O)CN)C(=O)O. The van der Waals surface area contributed by atoms with E-state index in [1.165, 1.54) is 0 Å². The Morgan fingerprint density at radius 3 is 2.29 bits per heavy atom. The third-order valence-corrected chi connectivity index (χ3v) is 3.90. The van der Waals surface area contributed by atoms with Crippen LogP contribution in [0.1, 0.15) is 25.8 Å². The van der Waals surface area contributed by atoms with E-state index in [0.29, 0.717) is 6.42 Å². The highest BCUT2D eigenvalue weighted by molar-refractivity contribution is 5.91. The number of nitrogens with one attached hydrogen (secondary N) is 2. The number of carboxylic acid groups (broad SMARTS) is 1. The quantitative estimate of drug-likeness (QED) is 0.517.